The fourth-order valence-corrected chi connectivity index (χ4v) is 3.85. The first-order valence-electron chi connectivity index (χ1n) is 6.40. The number of hydrogen-bond acceptors (Lipinski definition) is 4. The molecule has 2 N–H and O–H groups in total. The van der Waals surface area contributed by atoms with Crippen LogP contribution in [0.2, 0.25) is 0 Å². The van der Waals surface area contributed by atoms with Gasteiger partial charge in [-0.15, -0.1) is 0 Å². The number of aromatic nitrogens is 1. The summed E-state index contributed by atoms with van der Waals surface area (Å²) in [5, 5.41) is 8.99. The standard InChI is InChI=1S/C12H21N3O3S/c1-14-5-3-4-11(8-14)15(2)19(17,18)12-6-10(9-16)13-7-12/h6-7,11,13,16H,3-5,8-9H2,1-2H3. The summed E-state index contributed by atoms with van der Waals surface area (Å²) in [5.41, 5.74) is 0.507. The predicted octanol–water partition coefficient (Wildman–Crippen LogP) is 0.222. The van der Waals surface area contributed by atoms with Crippen molar-refractivity contribution >= 4 is 10.0 Å². The third kappa shape index (κ3) is 3.00. The Labute approximate surface area is 114 Å². The van der Waals surface area contributed by atoms with E-state index in [-0.39, 0.29) is 17.5 Å². The number of likely N-dealkylation sites (tertiary alicyclic amines) is 1. The number of hydrogen-bond donors (Lipinski definition) is 2. The van der Waals surface area contributed by atoms with Crippen LogP contribution in [-0.2, 0) is 16.6 Å². The van der Waals surface area contributed by atoms with Crippen LogP contribution in [0.25, 0.3) is 0 Å². The highest BCUT2D eigenvalue weighted by Gasteiger charge is 2.31. The van der Waals surface area contributed by atoms with Crippen molar-refractivity contribution in [3.05, 3.63) is 18.0 Å². The summed E-state index contributed by atoms with van der Waals surface area (Å²) >= 11 is 0. The second-order valence-electron chi connectivity index (χ2n) is 5.10. The van der Waals surface area contributed by atoms with Gasteiger partial charge in [0.05, 0.1) is 11.5 Å². The quantitative estimate of drug-likeness (QED) is 0.830. The van der Waals surface area contributed by atoms with Gasteiger partial charge in [-0.05, 0) is 32.5 Å². The zero-order chi connectivity index (χ0) is 14.0. The van der Waals surface area contributed by atoms with Crippen molar-refractivity contribution in [3.63, 3.8) is 0 Å². The molecule has 0 amide bonds. The molecule has 6 nitrogen and oxygen atoms in total. The molecule has 1 aromatic rings. The molecule has 7 heteroatoms. The Bertz CT molecular complexity index is 526. The van der Waals surface area contributed by atoms with Gasteiger partial charge in [-0.1, -0.05) is 0 Å². The molecule has 0 spiro atoms. The van der Waals surface area contributed by atoms with Crippen molar-refractivity contribution in [2.24, 2.45) is 0 Å². The van der Waals surface area contributed by atoms with Crippen molar-refractivity contribution < 1.29 is 13.5 Å². The van der Waals surface area contributed by atoms with E-state index in [1.54, 1.807) is 7.05 Å². The van der Waals surface area contributed by atoms with Gasteiger partial charge in [-0.2, -0.15) is 4.31 Å². The van der Waals surface area contributed by atoms with Crippen LogP contribution < -0.4 is 0 Å². The average molecular weight is 287 g/mol. The topological polar surface area (TPSA) is 76.6 Å². The molecular weight excluding hydrogens is 266 g/mol. The Morgan fingerprint density at radius 2 is 2.32 bits per heavy atom. The molecule has 0 aliphatic carbocycles. The molecule has 2 heterocycles. The van der Waals surface area contributed by atoms with Gasteiger partial charge in [0.1, 0.15) is 0 Å². The highest BCUT2D eigenvalue weighted by molar-refractivity contribution is 7.89. The normalized spacial score (nSPS) is 22.0. The number of H-pyrrole nitrogens is 1. The molecule has 1 aromatic heterocycles. The fraction of sp³-hybridized carbons (Fsp3) is 0.667. The molecule has 1 unspecified atom stereocenters. The molecular formula is C12H21N3O3S. The predicted molar refractivity (Wildman–Crippen MR) is 72.2 cm³/mol. The molecule has 1 aliphatic rings. The van der Waals surface area contributed by atoms with Crippen LogP contribution >= 0.6 is 0 Å². The summed E-state index contributed by atoms with van der Waals surface area (Å²) in [6.45, 7) is 1.58. The minimum absolute atomic E-state index is 0.0104. The van der Waals surface area contributed by atoms with Gasteiger partial charge in [-0.3, -0.25) is 0 Å². The number of nitrogens with one attached hydrogen (secondary N) is 1. The molecule has 1 saturated heterocycles. The maximum atomic E-state index is 12.5. The van der Waals surface area contributed by atoms with Crippen molar-refractivity contribution in [1.82, 2.24) is 14.2 Å². The van der Waals surface area contributed by atoms with E-state index < -0.39 is 10.0 Å². The third-order valence-corrected chi connectivity index (χ3v) is 5.57. The number of aromatic amines is 1. The minimum atomic E-state index is -3.49. The van der Waals surface area contributed by atoms with Gasteiger partial charge >= 0.3 is 0 Å². The van der Waals surface area contributed by atoms with E-state index in [0.29, 0.717) is 5.69 Å². The maximum Gasteiger partial charge on any atom is 0.244 e. The molecule has 0 radical (unpaired) electrons. The lowest BCUT2D eigenvalue weighted by Gasteiger charge is -2.34. The lowest BCUT2D eigenvalue weighted by molar-refractivity contribution is 0.187. The number of aliphatic hydroxyl groups is 1. The van der Waals surface area contributed by atoms with Gasteiger partial charge in [0.25, 0.3) is 0 Å². The molecule has 1 atom stereocenters. The van der Waals surface area contributed by atoms with Crippen molar-refractivity contribution in [2.75, 3.05) is 27.2 Å². The first-order chi connectivity index (χ1) is 8.95. The number of sulfonamides is 1. The van der Waals surface area contributed by atoms with Crippen LogP contribution in [0, 0.1) is 0 Å². The van der Waals surface area contributed by atoms with Gasteiger partial charge < -0.3 is 15.0 Å². The monoisotopic (exact) mass is 287 g/mol. The second kappa shape index (κ2) is 5.62. The molecule has 2 rings (SSSR count). The van der Waals surface area contributed by atoms with Gasteiger partial charge in [0.15, 0.2) is 0 Å². The van der Waals surface area contributed by atoms with Crippen molar-refractivity contribution in [1.29, 1.82) is 0 Å². The lowest BCUT2D eigenvalue weighted by atomic mass is 10.1. The number of nitrogens with zero attached hydrogens (tertiary/aromatic N) is 2. The van der Waals surface area contributed by atoms with E-state index >= 15 is 0 Å². The highest BCUT2D eigenvalue weighted by Crippen LogP contribution is 2.22. The van der Waals surface area contributed by atoms with Crippen molar-refractivity contribution in [3.8, 4) is 0 Å². The Kier molecular flexibility index (Phi) is 4.29. The highest BCUT2D eigenvalue weighted by atomic mass is 32.2. The molecule has 108 valence electrons. The number of aliphatic hydroxyl groups excluding tert-OH is 1. The minimum Gasteiger partial charge on any atom is -0.390 e. The summed E-state index contributed by atoms with van der Waals surface area (Å²) in [6.07, 6.45) is 3.33. The largest absolute Gasteiger partial charge is 0.390 e. The number of piperidine rings is 1. The average Bonchev–Trinajstić information content (AvgIpc) is 2.87. The third-order valence-electron chi connectivity index (χ3n) is 3.68. The molecule has 19 heavy (non-hydrogen) atoms. The van der Waals surface area contributed by atoms with Crippen LogP contribution in [0.3, 0.4) is 0 Å². The zero-order valence-corrected chi connectivity index (χ0v) is 12.2. The summed E-state index contributed by atoms with van der Waals surface area (Å²) in [5.74, 6) is 0. The van der Waals surface area contributed by atoms with E-state index in [0.717, 1.165) is 25.9 Å². The Hall–Kier alpha value is -0.890. The van der Waals surface area contributed by atoms with E-state index in [2.05, 4.69) is 9.88 Å². The molecule has 0 aromatic carbocycles. The van der Waals surface area contributed by atoms with E-state index in [9.17, 15) is 8.42 Å². The van der Waals surface area contributed by atoms with Crippen LogP contribution in [-0.4, -0.2) is 60.9 Å². The van der Waals surface area contributed by atoms with Crippen LogP contribution in [0.4, 0.5) is 0 Å². The lowest BCUT2D eigenvalue weighted by Crippen LogP contribution is -2.47. The summed E-state index contributed by atoms with van der Waals surface area (Å²) in [6, 6.07) is 1.49. The molecule has 1 aliphatic heterocycles. The van der Waals surface area contributed by atoms with Crippen LogP contribution in [0.1, 0.15) is 18.5 Å². The molecule has 0 saturated carbocycles. The maximum absolute atomic E-state index is 12.5. The van der Waals surface area contributed by atoms with E-state index in [1.165, 1.54) is 16.6 Å². The second-order valence-corrected chi connectivity index (χ2v) is 7.10. The zero-order valence-electron chi connectivity index (χ0n) is 11.3. The Morgan fingerprint density at radius 1 is 1.58 bits per heavy atom. The Balaban J connectivity index is 2.18. The fourth-order valence-electron chi connectivity index (χ4n) is 2.46. The van der Waals surface area contributed by atoms with Gasteiger partial charge in [-0.25, -0.2) is 8.42 Å². The van der Waals surface area contributed by atoms with Crippen LogP contribution in [0.5, 0.6) is 0 Å². The first kappa shape index (κ1) is 14.5. The van der Waals surface area contributed by atoms with Crippen molar-refractivity contribution in [2.45, 2.75) is 30.4 Å². The van der Waals surface area contributed by atoms with E-state index in [1.807, 2.05) is 7.05 Å². The van der Waals surface area contributed by atoms with Gasteiger partial charge in [0, 0.05) is 31.5 Å². The summed E-state index contributed by atoms with van der Waals surface area (Å²) in [7, 11) is 0.149. The summed E-state index contributed by atoms with van der Waals surface area (Å²) in [4.78, 5) is 5.13. The smallest absolute Gasteiger partial charge is 0.244 e. The van der Waals surface area contributed by atoms with Gasteiger partial charge in [0.2, 0.25) is 10.0 Å². The first-order valence-corrected chi connectivity index (χ1v) is 7.84. The summed E-state index contributed by atoms with van der Waals surface area (Å²) < 4.78 is 26.4. The molecule has 0 bridgehead atoms. The molecule has 1 fully saturated rings. The number of likely N-dealkylation sites (N-methyl/N-ethyl adjacent to an activating group) is 2. The van der Waals surface area contributed by atoms with E-state index in [4.69, 9.17) is 5.11 Å². The van der Waals surface area contributed by atoms with Crippen LogP contribution in [0.15, 0.2) is 17.2 Å². The number of rotatable bonds is 4. The SMILES string of the molecule is CN1CCCC(N(C)S(=O)(=O)c2c[nH]c(CO)c2)C1. The Morgan fingerprint density at radius 3 is 2.89 bits per heavy atom.